The number of rotatable bonds is 7. The van der Waals surface area contributed by atoms with Crippen LogP contribution in [0.5, 0.6) is 0 Å². The van der Waals surface area contributed by atoms with Crippen molar-refractivity contribution in [3.05, 3.63) is 79.4 Å². The van der Waals surface area contributed by atoms with Gasteiger partial charge in [-0.1, -0.05) is 0 Å². The largest absolute Gasteiger partial charge is 0.465 e. The van der Waals surface area contributed by atoms with Gasteiger partial charge < -0.3 is 9.30 Å². The third-order valence-electron chi connectivity index (χ3n) is 6.68. The quantitative estimate of drug-likeness (QED) is 0.297. The number of aromatic nitrogens is 7. The summed E-state index contributed by atoms with van der Waals surface area (Å²) in [6.07, 6.45) is 1.63. The van der Waals surface area contributed by atoms with Crippen LogP contribution in [0.15, 0.2) is 39.9 Å². The molecule has 1 fully saturated rings. The minimum atomic E-state index is -0.638. The van der Waals surface area contributed by atoms with Crippen LogP contribution in [-0.2, 0) is 11.3 Å². The standard InChI is InChI=1S/C25H25N7O5/c1-13-11-19(14(2)31(13)17-7-5-16(6-8-17)24(35)37-4)20(33)12-30-23(34)21(22-26-28-29-27-22)15(3)32(25(30)36)18-9-10-18/h5-8,11,18H,9-10,12H2,1-4H3,(H,26,27,28,29). The first-order valence-electron chi connectivity index (χ1n) is 11.7. The number of nitrogens with one attached hydrogen (secondary N) is 1. The van der Waals surface area contributed by atoms with E-state index >= 15 is 0 Å². The Hall–Kier alpha value is -4.61. The molecule has 0 spiro atoms. The molecule has 5 rings (SSSR count). The first kappa shape index (κ1) is 24.1. The molecular weight excluding hydrogens is 478 g/mol. The van der Waals surface area contributed by atoms with E-state index in [1.165, 1.54) is 7.11 Å². The van der Waals surface area contributed by atoms with E-state index in [1.54, 1.807) is 48.7 Å². The zero-order chi connectivity index (χ0) is 26.4. The van der Waals surface area contributed by atoms with Crippen molar-refractivity contribution in [3.8, 4) is 17.1 Å². The maximum atomic E-state index is 13.5. The van der Waals surface area contributed by atoms with Gasteiger partial charge in [0.15, 0.2) is 5.78 Å². The molecule has 0 amide bonds. The minimum absolute atomic E-state index is 0.0295. The number of esters is 1. The monoisotopic (exact) mass is 503 g/mol. The van der Waals surface area contributed by atoms with Gasteiger partial charge in [0.05, 0.1) is 19.2 Å². The Morgan fingerprint density at radius 3 is 2.38 bits per heavy atom. The van der Waals surface area contributed by atoms with Gasteiger partial charge in [-0.05, 0) is 69.2 Å². The zero-order valence-electron chi connectivity index (χ0n) is 20.8. The number of carbonyl (C=O) groups is 2. The van der Waals surface area contributed by atoms with Gasteiger partial charge in [0.25, 0.3) is 5.56 Å². The van der Waals surface area contributed by atoms with E-state index < -0.39 is 23.8 Å². The molecule has 4 aromatic rings. The van der Waals surface area contributed by atoms with Crippen molar-refractivity contribution in [2.45, 2.75) is 46.2 Å². The normalized spacial score (nSPS) is 13.1. The number of ketones is 1. The van der Waals surface area contributed by atoms with Gasteiger partial charge in [0.1, 0.15) is 5.56 Å². The fourth-order valence-corrected chi connectivity index (χ4v) is 4.73. The summed E-state index contributed by atoms with van der Waals surface area (Å²) in [5, 5.41) is 13.7. The van der Waals surface area contributed by atoms with Crippen LogP contribution in [0.3, 0.4) is 0 Å². The van der Waals surface area contributed by atoms with E-state index in [4.69, 9.17) is 4.74 Å². The number of aromatic amines is 1. The molecule has 0 radical (unpaired) electrons. The number of carbonyl (C=O) groups excluding carboxylic acids is 2. The first-order chi connectivity index (χ1) is 17.7. The highest BCUT2D eigenvalue weighted by Gasteiger charge is 2.31. The summed E-state index contributed by atoms with van der Waals surface area (Å²) in [4.78, 5) is 52.0. The van der Waals surface area contributed by atoms with Crippen molar-refractivity contribution in [3.63, 3.8) is 0 Å². The van der Waals surface area contributed by atoms with E-state index in [0.717, 1.165) is 28.8 Å². The van der Waals surface area contributed by atoms with Crippen LogP contribution in [0.1, 0.15) is 56.7 Å². The predicted molar refractivity (Wildman–Crippen MR) is 132 cm³/mol. The maximum Gasteiger partial charge on any atom is 0.337 e. The van der Waals surface area contributed by atoms with Crippen molar-refractivity contribution < 1.29 is 14.3 Å². The van der Waals surface area contributed by atoms with Crippen molar-refractivity contribution in [1.82, 2.24) is 34.3 Å². The lowest BCUT2D eigenvalue weighted by Crippen LogP contribution is -2.43. The molecule has 0 bridgehead atoms. The summed E-state index contributed by atoms with van der Waals surface area (Å²) in [7, 11) is 1.32. The van der Waals surface area contributed by atoms with E-state index in [2.05, 4.69) is 20.6 Å². The smallest absolute Gasteiger partial charge is 0.337 e. The average Bonchev–Trinajstić information content (AvgIpc) is 3.47. The summed E-state index contributed by atoms with van der Waals surface area (Å²) < 4.78 is 9.13. The lowest BCUT2D eigenvalue weighted by molar-refractivity contribution is 0.0600. The molecule has 1 aliphatic rings. The lowest BCUT2D eigenvalue weighted by Gasteiger charge is -2.15. The molecule has 190 valence electrons. The second-order valence-corrected chi connectivity index (χ2v) is 9.05. The molecule has 1 aliphatic carbocycles. The highest BCUT2D eigenvalue weighted by atomic mass is 16.5. The van der Waals surface area contributed by atoms with Crippen molar-refractivity contribution in [1.29, 1.82) is 0 Å². The molecule has 3 aromatic heterocycles. The number of aryl methyl sites for hydroxylation is 1. The average molecular weight is 504 g/mol. The summed E-state index contributed by atoms with van der Waals surface area (Å²) in [6.45, 7) is 4.89. The summed E-state index contributed by atoms with van der Waals surface area (Å²) in [5.74, 6) is -0.745. The Labute approximate surface area is 210 Å². The van der Waals surface area contributed by atoms with Crippen LogP contribution in [0.25, 0.3) is 17.1 Å². The third-order valence-corrected chi connectivity index (χ3v) is 6.68. The maximum absolute atomic E-state index is 13.5. The van der Waals surface area contributed by atoms with E-state index in [0.29, 0.717) is 22.5 Å². The van der Waals surface area contributed by atoms with E-state index in [1.807, 2.05) is 11.5 Å². The van der Waals surface area contributed by atoms with Crippen LogP contribution in [-0.4, -0.2) is 53.2 Å². The molecule has 1 saturated carbocycles. The Kier molecular flexibility index (Phi) is 5.94. The number of Topliss-reactive ketones (excluding diaryl/α,β-unsaturated/α-hetero) is 1. The van der Waals surface area contributed by atoms with Crippen molar-refractivity contribution in [2.75, 3.05) is 7.11 Å². The highest BCUT2D eigenvalue weighted by molar-refractivity contribution is 5.97. The van der Waals surface area contributed by atoms with Crippen LogP contribution >= 0.6 is 0 Å². The zero-order valence-corrected chi connectivity index (χ0v) is 20.8. The van der Waals surface area contributed by atoms with Crippen LogP contribution < -0.4 is 11.2 Å². The number of tetrazole rings is 1. The molecule has 0 saturated heterocycles. The number of H-pyrrole nitrogens is 1. The minimum Gasteiger partial charge on any atom is -0.465 e. The number of nitrogens with zero attached hydrogens (tertiary/aromatic N) is 6. The number of benzene rings is 1. The molecule has 1 aromatic carbocycles. The number of ether oxygens (including phenoxy) is 1. The fraction of sp³-hybridized carbons (Fsp3) is 0.320. The molecule has 12 heteroatoms. The van der Waals surface area contributed by atoms with Gasteiger partial charge in [-0.25, -0.2) is 9.59 Å². The summed E-state index contributed by atoms with van der Waals surface area (Å²) in [6, 6.07) is 8.51. The first-order valence-corrected chi connectivity index (χ1v) is 11.7. The van der Waals surface area contributed by atoms with Crippen molar-refractivity contribution >= 4 is 11.8 Å². The van der Waals surface area contributed by atoms with Gasteiger partial charge in [-0.2, -0.15) is 5.21 Å². The Morgan fingerprint density at radius 2 is 1.78 bits per heavy atom. The SMILES string of the molecule is COC(=O)c1ccc(-n2c(C)cc(C(=O)Cn3c(=O)c(-c4nn[nH]n4)c(C)n(C4CC4)c3=O)c2C)cc1. The van der Waals surface area contributed by atoms with Gasteiger partial charge in [-0.15, -0.1) is 10.2 Å². The van der Waals surface area contributed by atoms with Crippen LogP contribution in [0.2, 0.25) is 0 Å². The summed E-state index contributed by atoms with van der Waals surface area (Å²) in [5.41, 5.74) is 2.41. The fourth-order valence-electron chi connectivity index (χ4n) is 4.73. The van der Waals surface area contributed by atoms with E-state index in [-0.39, 0.29) is 23.2 Å². The Bertz CT molecular complexity index is 1640. The molecule has 0 aliphatic heterocycles. The molecular formula is C25H25N7O5. The van der Waals surface area contributed by atoms with Gasteiger partial charge >= 0.3 is 11.7 Å². The molecule has 0 unspecified atom stereocenters. The lowest BCUT2D eigenvalue weighted by atomic mass is 10.1. The molecule has 12 nitrogen and oxygen atoms in total. The second-order valence-electron chi connectivity index (χ2n) is 9.05. The van der Waals surface area contributed by atoms with Crippen LogP contribution in [0.4, 0.5) is 0 Å². The van der Waals surface area contributed by atoms with Gasteiger partial charge in [0, 0.05) is 34.4 Å². The topological polar surface area (TPSA) is 147 Å². The third kappa shape index (κ3) is 4.09. The Balaban J connectivity index is 1.54. The van der Waals surface area contributed by atoms with Gasteiger partial charge in [0.2, 0.25) is 5.82 Å². The van der Waals surface area contributed by atoms with Crippen molar-refractivity contribution in [2.24, 2.45) is 0 Å². The van der Waals surface area contributed by atoms with E-state index in [9.17, 15) is 19.2 Å². The highest BCUT2D eigenvalue weighted by Crippen LogP contribution is 2.35. The second kappa shape index (κ2) is 9.12. The van der Waals surface area contributed by atoms with Crippen LogP contribution in [0, 0.1) is 20.8 Å². The molecule has 3 heterocycles. The Morgan fingerprint density at radius 1 is 1.08 bits per heavy atom. The van der Waals surface area contributed by atoms with Gasteiger partial charge in [-0.3, -0.25) is 18.7 Å². The predicted octanol–water partition coefficient (Wildman–Crippen LogP) is 1.91. The number of hydrogen-bond acceptors (Lipinski definition) is 8. The number of methoxy groups -OCH3 is 1. The summed E-state index contributed by atoms with van der Waals surface area (Å²) >= 11 is 0. The molecule has 37 heavy (non-hydrogen) atoms. The number of hydrogen-bond donors (Lipinski definition) is 1. The molecule has 0 atom stereocenters. The molecule has 1 N–H and O–H groups in total.